The van der Waals surface area contributed by atoms with Gasteiger partial charge in [0.2, 0.25) is 5.91 Å². The number of nitrogens with one attached hydrogen (secondary N) is 1. The average Bonchev–Trinajstić information content (AvgIpc) is 2.45. The maximum absolute atomic E-state index is 11.8. The summed E-state index contributed by atoms with van der Waals surface area (Å²) >= 11 is 0. The van der Waals surface area contributed by atoms with Gasteiger partial charge < -0.3 is 20.5 Å². The van der Waals surface area contributed by atoms with Gasteiger partial charge in [-0.2, -0.15) is 0 Å². The van der Waals surface area contributed by atoms with Gasteiger partial charge in [0.15, 0.2) is 0 Å². The van der Waals surface area contributed by atoms with E-state index in [9.17, 15) is 4.79 Å². The molecule has 19 heavy (non-hydrogen) atoms. The first kappa shape index (κ1) is 15.5. The zero-order chi connectivity index (χ0) is 14.3. The smallest absolute Gasteiger partial charge is 0.250 e. The highest BCUT2D eigenvalue weighted by Crippen LogP contribution is 2.17. The maximum Gasteiger partial charge on any atom is 0.250 e. The van der Waals surface area contributed by atoms with E-state index >= 15 is 0 Å². The molecule has 1 unspecified atom stereocenters. The Kier molecular flexibility index (Phi) is 5.79. The van der Waals surface area contributed by atoms with E-state index in [1.54, 1.807) is 19.2 Å². The second-order valence-electron chi connectivity index (χ2n) is 4.58. The number of hydrogen-bond donors (Lipinski definition) is 2. The Bertz CT molecular complexity index is 417. The van der Waals surface area contributed by atoms with Crippen LogP contribution in [0.15, 0.2) is 24.3 Å². The molecule has 3 N–H and O–H groups in total. The second kappa shape index (κ2) is 7.11. The van der Waals surface area contributed by atoms with E-state index in [2.05, 4.69) is 5.32 Å². The molecule has 0 bridgehead atoms. The Morgan fingerprint density at radius 2 is 2.21 bits per heavy atom. The van der Waals surface area contributed by atoms with Crippen molar-refractivity contribution in [3.63, 3.8) is 0 Å². The van der Waals surface area contributed by atoms with Gasteiger partial charge in [0.1, 0.15) is 12.4 Å². The van der Waals surface area contributed by atoms with Gasteiger partial charge in [-0.25, -0.2) is 0 Å². The van der Waals surface area contributed by atoms with Gasteiger partial charge in [0.05, 0.1) is 12.7 Å². The molecule has 0 heterocycles. The third-order valence-corrected chi connectivity index (χ3v) is 3.08. The van der Waals surface area contributed by atoms with Crippen LogP contribution in [-0.2, 0) is 9.53 Å². The summed E-state index contributed by atoms with van der Waals surface area (Å²) in [5.41, 5.74) is 5.85. The number of hydrogen-bond acceptors (Lipinski definition) is 4. The van der Waals surface area contributed by atoms with Crippen molar-refractivity contribution >= 4 is 11.6 Å². The van der Waals surface area contributed by atoms with Gasteiger partial charge in [-0.05, 0) is 25.5 Å². The lowest BCUT2D eigenvalue weighted by Crippen LogP contribution is -2.39. The zero-order valence-electron chi connectivity index (χ0n) is 11.7. The number of carbonyl (C=O) groups is 1. The highest BCUT2D eigenvalue weighted by molar-refractivity contribution is 5.91. The van der Waals surface area contributed by atoms with Crippen LogP contribution in [0, 0.1) is 0 Å². The van der Waals surface area contributed by atoms with Crippen LogP contribution < -0.4 is 15.8 Å². The molecule has 0 aromatic heterocycles. The minimum atomic E-state index is -0.453. The summed E-state index contributed by atoms with van der Waals surface area (Å²) in [7, 11) is 1.58. The molecule has 1 amide bonds. The van der Waals surface area contributed by atoms with Crippen molar-refractivity contribution in [1.82, 2.24) is 0 Å². The van der Waals surface area contributed by atoms with Gasteiger partial charge in [-0.15, -0.1) is 0 Å². The molecular weight excluding hydrogens is 244 g/mol. The number of rotatable bonds is 7. The van der Waals surface area contributed by atoms with Crippen molar-refractivity contribution in [2.24, 2.45) is 5.73 Å². The SMILES string of the molecule is CCC(C)(CN)OCC(=O)Nc1cccc(OC)c1. The van der Waals surface area contributed by atoms with E-state index in [0.717, 1.165) is 6.42 Å². The standard InChI is InChI=1S/C14H22N2O3/c1-4-14(2,10-15)19-9-13(17)16-11-6-5-7-12(8-11)18-3/h5-8H,4,9-10,15H2,1-3H3,(H,16,17). The summed E-state index contributed by atoms with van der Waals surface area (Å²) in [5.74, 6) is 0.487. The Labute approximate surface area is 114 Å². The molecule has 1 aromatic rings. The molecule has 5 heteroatoms. The molecule has 0 fully saturated rings. The average molecular weight is 266 g/mol. The summed E-state index contributed by atoms with van der Waals surface area (Å²) in [5, 5.41) is 2.75. The predicted octanol–water partition coefficient (Wildman–Crippen LogP) is 1.78. The van der Waals surface area contributed by atoms with Crippen LogP contribution in [0.3, 0.4) is 0 Å². The molecule has 0 aliphatic heterocycles. The Morgan fingerprint density at radius 1 is 1.47 bits per heavy atom. The summed E-state index contributed by atoms with van der Waals surface area (Å²) in [4.78, 5) is 11.8. The summed E-state index contributed by atoms with van der Waals surface area (Å²) < 4.78 is 10.6. The van der Waals surface area contributed by atoms with Crippen LogP contribution >= 0.6 is 0 Å². The lowest BCUT2D eigenvalue weighted by Gasteiger charge is -2.26. The van der Waals surface area contributed by atoms with Crippen LogP contribution in [0.5, 0.6) is 5.75 Å². The predicted molar refractivity (Wildman–Crippen MR) is 75.3 cm³/mol. The lowest BCUT2D eigenvalue weighted by molar-refractivity contribution is -0.126. The zero-order valence-corrected chi connectivity index (χ0v) is 11.7. The van der Waals surface area contributed by atoms with Crippen molar-refractivity contribution in [1.29, 1.82) is 0 Å². The van der Waals surface area contributed by atoms with Crippen molar-refractivity contribution in [3.8, 4) is 5.75 Å². The lowest BCUT2D eigenvalue weighted by atomic mass is 10.0. The monoisotopic (exact) mass is 266 g/mol. The largest absolute Gasteiger partial charge is 0.497 e. The number of nitrogens with two attached hydrogens (primary N) is 1. The van der Waals surface area contributed by atoms with E-state index in [4.69, 9.17) is 15.2 Å². The molecule has 1 rings (SSSR count). The van der Waals surface area contributed by atoms with Crippen LogP contribution in [0.2, 0.25) is 0 Å². The first-order valence-corrected chi connectivity index (χ1v) is 6.31. The fraction of sp³-hybridized carbons (Fsp3) is 0.500. The molecule has 0 aliphatic carbocycles. The van der Waals surface area contributed by atoms with Gasteiger partial charge in [-0.1, -0.05) is 13.0 Å². The fourth-order valence-electron chi connectivity index (χ4n) is 1.44. The third-order valence-electron chi connectivity index (χ3n) is 3.08. The normalized spacial score (nSPS) is 13.7. The quantitative estimate of drug-likeness (QED) is 0.789. The van der Waals surface area contributed by atoms with Gasteiger partial charge in [0.25, 0.3) is 0 Å². The van der Waals surface area contributed by atoms with Crippen molar-refractivity contribution in [3.05, 3.63) is 24.3 Å². The highest BCUT2D eigenvalue weighted by atomic mass is 16.5. The molecular formula is C14H22N2O3. The molecule has 0 aliphatic rings. The minimum Gasteiger partial charge on any atom is -0.497 e. The number of amides is 1. The van der Waals surface area contributed by atoms with E-state index in [0.29, 0.717) is 18.0 Å². The molecule has 106 valence electrons. The molecule has 0 saturated heterocycles. The van der Waals surface area contributed by atoms with Crippen molar-refractivity contribution in [2.75, 3.05) is 25.6 Å². The Balaban J connectivity index is 2.51. The molecule has 0 spiro atoms. The minimum absolute atomic E-state index is 0.0151. The van der Waals surface area contributed by atoms with Gasteiger partial charge >= 0.3 is 0 Å². The first-order valence-electron chi connectivity index (χ1n) is 6.31. The molecule has 1 aromatic carbocycles. The summed E-state index contributed by atoms with van der Waals surface area (Å²) in [6.07, 6.45) is 0.760. The van der Waals surface area contributed by atoms with E-state index < -0.39 is 5.60 Å². The van der Waals surface area contributed by atoms with Crippen molar-refractivity contribution in [2.45, 2.75) is 25.9 Å². The van der Waals surface area contributed by atoms with E-state index in [1.807, 2.05) is 26.0 Å². The van der Waals surface area contributed by atoms with Crippen LogP contribution in [0.1, 0.15) is 20.3 Å². The molecule has 0 radical (unpaired) electrons. The molecule has 1 atom stereocenters. The second-order valence-corrected chi connectivity index (χ2v) is 4.58. The Morgan fingerprint density at radius 3 is 2.79 bits per heavy atom. The number of ether oxygens (including phenoxy) is 2. The Hall–Kier alpha value is -1.59. The van der Waals surface area contributed by atoms with Gasteiger partial charge in [-0.3, -0.25) is 4.79 Å². The van der Waals surface area contributed by atoms with E-state index in [1.165, 1.54) is 0 Å². The third kappa shape index (κ3) is 4.89. The fourth-order valence-corrected chi connectivity index (χ4v) is 1.44. The summed E-state index contributed by atoms with van der Waals surface area (Å²) in [6.45, 7) is 4.24. The van der Waals surface area contributed by atoms with Crippen molar-refractivity contribution < 1.29 is 14.3 Å². The van der Waals surface area contributed by atoms with Crippen LogP contribution in [0.25, 0.3) is 0 Å². The highest BCUT2D eigenvalue weighted by Gasteiger charge is 2.21. The van der Waals surface area contributed by atoms with Crippen LogP contribution in [0.4, 0.5) is 5.69 Å². The van der Waals surface area contributed by atoms with Gasteiger partial charge in [0, 0.05) is 18.3 Å². The van der Waals surface area contributed by atoms with E-state index in [-0.39, 0.29) is 12.5 Å². The van der Waals surface area contributed by atoms with Crippen LogP contribution in [-0.4, -0.2) is 31.8 Å². The molecule has 5 nitrogen and oxygen atoms in total. The topological polar surface area (TPSA) is 73.6 Å². The first-order chi connectivity index (χ1) is 9.03. The summed E-state index contributed by atoms with van der Waals surface area (Å²) in [6, 6.07) is 7.17. The molecule has 0 saturated carbocycles. The number of benzene rings is 1. The number of anilines is 1. The maximum atomic E-state index is 11.8. The number of carbonyl (C=O) groups excluding carboxylic acids is 1. The number of methoxy groups -OCH3 is 1.